The van der Waals surface area contributed by atoms with Crippen LogP contribution in [0.3, 0.4) is 0 Å². The number of anilines is 2. The summed E-state index contributed by atoms with van der Waals surface area (Å²) in [5.74, 6) is -2.51. The summed E-state index contributed by atoms with van der Waals surface area (Å²) in [7, 11) is 0. The van der Waals surface area contributed by atoms with E-state index in [9.17, 15) is 19.5 Å². The summed E-state index contributed by atoms with van der Waals surface area (Å²) >= 11 is 6.69. The average Bonchev–Trinajstić information content (AvgIpc) is 3.53. The first-order valence-electron chi connectivity index (χ1n) is 15.8. The maximum absolute atomic E-state index is 15.0. The number of amides is 3. The highest BCUT2D eigenvalue weighted by atomic mass is 35.5. The van der Waals surface area contributed by atoms with E-state index in [2.05, 4.69) is 13.2 Å². The number of unbranched alkanes of at least 4 members (excludes halogenated alkanes) is 2. The van der Waals surface area contributed by atoms with Crippen LogP contribution in [0.5, 0.6) is 0 Å². The second-order valence-electron chi connectivity index (χ2n) is 12.7. The zero-order valence-corrected chi connectivity index (χ0v) is 27.2. The van der Waals surface area contributed by atoms with Crippen molar-refractivity contribution in [3.63, 3.8) is 0 Å². The number of fused-ring (bicyclic) bond motifs is 1. The molecule has 9 heteroatoms. The van der Waals surface area contributed by atoms with E-state index < -0.39 is 29.1 Å². The second kappa shape index (κ2) is 13.1. The molecule has 1 spiro atoms. The first-order valence-corrected chi connectivity index (χ1v) is 16.2. The number of halogens is 1. The molecule has 0 saturated carbocycles. The normalized spacial score (nSPS) is 28.2. The number of aliphatic hydroxyl groups is 1. The lowest BCUT2D eigenvalue weighted by atomic mass is 9.62. The van der Waals surface area contributed by atoms with Crippen molar-refractivity contribution in [2.24, 2.45) is 17.8 Å². The van der Waals surface area contributed by atoms with Gasteiger partial charge in [-0.3, -0.25) is 14.4 Å². The van der Waals surface area contributed by atoms with Crippen LogP contribution >= 0.6 is 11.6 Å². The van der Waals surface area contributed by atoms with Crippen LogP contribution in [0, 0.1) is 24.7 Å². The van der Waals surface area contributed by atoms with Crippen molar-refractivity contribution in [3.8, 4) is 0 Å². The fraction of sp³-hybridized carbons (Fsp3) is 0.472. The molecule has 8 nitrogen and oxygen atoms in total. The molecule has 0 radical (unpaired) electrons. The Morgan fingerprint density at radius 1 is 1.04 bits per heavy atom. The maximum atomic E-state index is 15.0. The van der Waals surface area contributed by atoms with Crippen molar-refractivity contribution in [2.75, 3.05) is 36.0 Å². The first kappa shape index (κ1) is 32.9. The number of hydrogen-bond donors (Lipinski definition) is 1. The Balaban J connectivity index is 1.62. The number of carbonyl (C=O) groups excluding carboxylic acids is 3. The molecule has 2 bridgehead atoms. The van der Waals surface area contributed by atoms with Gasteiger partial charge < -0.3 is 24.5 Å². The summed E-state index contributed by atoms with van der Waals surface area (Å²) in [6, 6.07) is 13.9. The van der Waals surface area contributed by atoms with Crippen LogP contribution in [0.4, 0.5) is 11.4 Å². The van der Waals surface area contributed by atoms with E-state index in [4.69, 9.17) is 16.3 Å². The second-order valence-corrected chi connectivity index (χ2v) is 13.1. The van der Waals surface area contributed by atoms with E-state index in [1.54, 1.807) is 32.9 Å². The van der Waals surface area contributed by atoms with Gasteiger partial charge in [-0.25, -0.2) is 0 Å². The van der Waals surface area contributed by atoms with Crippen molar-refractivity contribution in [3.05, 3.63) is 84.4 Å². The van der Waals surface area contributed by atoms with Crippen LogP contribution in [0.15, 0.2) is 73.8 Å². The van der Waals surface area contributed by atoms with E-state index in [1.807, 2.05) is 63.2 Å². The van der Waals surface area contributed by atoms with Gasteiger partial charge in [-0.05, 0) is 69.2 Å². The standard InChI is InChI=1S/C36H44ClN3O5/c1-6-19-38(26-16-10-8-11-17-26)32(42)28-29-33(43)40(21-12-9-13-22-41)31(36(29)23-25(4)35(28,5)45-36)34(44)39(20-7-2)30-24(3)15-14-18-27(30)37/h6-8,10-11,14-18,25,28-29,31,41H,1-2,9,12-13,19-23H2,3-5H3/t25?,28-,29-,31?,35+,36?/m0/s1. The lowest BCUT2D eigenvalue weighted by Gasteiger charge is -2.39. The third kappa shape index (κ3) is 5.41. The molecule has 3 saturated heterocycles. The molecule has 3 aliphatic heterocycles. The zero-order chi connectivity index (χ0) is 32.5. The zero-order valence-electron chi connectivity index (χ0n) is 26.5. The van der Waals surface area contributed by atoms with Crippen molar-refractivity contribution < 1.29 is 24.2 Å². The third-order valence-electron chi connectivity index (χ3n) is 10.1. The highest BCUT2D eigenvalue weighted by molar-refractivity contribution is 6.34. The average molecular weight is 634 g/mol. The van der Waals surface area contributed by atoms with Crippen LogP contribution < -0.4 is 9.80 Å². The summed E-state index contributed by atoms with van der Waals surface area (Å²) in [5.41, 5.74) is -0.0712. The SMILES string of the molecule is C=CCN(C(=O)[C@@H]1[C@H]2C(=O)N(CCCCCO)C(C(=O)N(CC=C)c3c(C)cccc3Cl)C23CC(C)[C@@]1(C)O3)c1ccccc1. The number of benzene rings is 2. The number of hydrogen-bond acceptors (Lipinski definition) is 5. The highest BCUT2D eigenvalue weighted by Crippen LogP contribution is 2.65. The number of aliphatic hydroxyl groups excluding tert-OH is 1. The van der Waals surface area contributed by atoms with Crippen molar-refractivity contribution in [2.45, 2.75) is 63.7 Å². The number of rotatable bonds is 13. The van der Waals surface area contributed by atoms with Gasteiger partial charge in [-0.1, -0.05) is 61.0 Å². The van der Waals surface area contributed by atoms with Gasteiger partial charge in [0, 0.05) is 31.9 Å². The molecule has 1 N–H and O–H groups in total. The lowest BCUT2D eigenvalue weighted by molar-refractivity contribution is -0.145. The third-order valence-corrected chi connectivity index (χ3v) is 10.4. The van der Waals surface area contributed by atoms with Gasteiger partial charge in [0.2, 0.25) is 11.8 Å². The summed E-state index contributed by atoms with van der Waals surface area (Å²) in [5, 5.41) is 9.81. The van der Waals surface area contributed by atoms with Crippen LogP contribution in [-0.4, -0.2) is 71.2 Å². The Bertz CT molecular complexity index is 1450. The van der Waals surface area contributed by atoms with E-state index in [0.29, 0.717) is 48.6 Å². The van der Waals surface area contributed by atoms with E-state index >= 15 is 0 Å². The van der Waals surface area contributed by atoms with E-state index in [0.717, 1.165) is 5.56 Å². The van der Waals surface area contributed by atoms with Gasteiger partial charge >= 0.3 is 0 Å². The monoisotopic (exact) mass is 633 g/mol. The molecule has 0 aliphatic carbocycles. The number of likely N-dealkylation sites (tertiary alicyclic amines) is 1. The summed E-state index contributed by atoms with van der Waals surface area (Å²) < 4.78 is 6.99. The number of para-hydroxylation sites is 2. The van der Waals surface area contributed by atoms with Gasteiger partial charge in [-0.15, -0.1) is 13.2 Å². The van der Waals surface area contributed by atoms with Crippen molar-refractivity contribution in [1.82, 2.24) is 4.90 Å². The van der Waals surface area contributed by atoms with Crippen LogP contribution in [0.1, 0.15) is 45.1 Å². The molecule has 3 aliphatic rings. The minimum atomic E-state index is -1.20. The summed E-state index contributed by atoms with van der Waals surface area (Å²) in [6.45, 7) is 14.5. The molecular weight excluding hydrogens is 590 g/mol. The van der Waals surface area contributed by atoms with Gasteiger partial charge in [-0.2, -0.15) is 0 Å². The molecule has 3 heterocycles. The predicted octanol–water partition coefficient (Wildman–Crippen LogP) is 5.56. The van der Waals surface area contributed by atoms with Gasteiger partial charge in [0.05, 0.1) is 28.1 Å². The fourth-order valence-corrected chi connectivity index (χ4v) is 8.29. The molecule has 5 rings (SSSR count). The van der Waals surface area contributed by atoms with Crippen LogP contribution in [-0.2, 0) is 19.1 Å². The van der Waals surface area contributed by atoms with Gasteiger partial charge in [0.15, 0.2) is 0 Å². The van der Waals surface area contributed by atoms with Gasteiger partial charge in [0.1, 0.15) is 11.6 Å². The Labute approximate surface area is 271 Å². The summed E-state index contributed by atoms with van der Waals surface area (Å²) in [6.07, 6.45) is 5.67. The largest absolute Gasteiger partial charge is 0.396 e. The predicted molar refractivity (Wildman–Crippen MR) is 177 cm³/mol. The maximum Gasteiger partial charge on any atom is 0.253 e. The molecule has 3 fully saturated rings. The molecular formula is C36H44ClN3O5. The van der Waals surface area contributed by atoms with Crippen LogP contribution in [0.2, 0.25) is 5.02 Å². The highest BCUT2D eigenvalue weighted by Gasteiger charge is 2.80. The number of ether oxygens (including phenoxy) is 1. The Morgan fingerprint density at radius 2 is 1.73 bits per heavy atom. The molecule has 0 aromatic heterocycles. The van der Waals surface area contributed by atoms with Crippen molar-refractivity contribution in [1.29, 1.82) is 0 Å². The minimum Gasteiger partial charge on any atom is -0.396 e. The molecule has 3 amide bonds. The fourth-order valence-electron chi connectivity index (χ4n) is 7.97. The van der Waals surface area contributed by atoms with Gasteiger partial charge in [0.25, 0.3) is 5.91 Å². The van der Waals surface area contributed by atoms with Crippen LogP contribution in [0.25, 0.3) is 0 Å². The number of aryl methyl sites for hydroxylation is 1. The molecule has 6 atom stereocenters. The number of carbonyl (C=O) groups is 3. The molecule has 240 valence electrons. The Hall–Kier alpha value is -3.46. The molecule has 2 aromatic carbocycles. The molecule has 2 aromatic rings. The smallest absolute Gasteiger partial charge is 0.253 e. The molecule has 45 heavy (non-hydrogen) atoms. The quantitative estimate of drug-likeness (QED) is 0.230. The number of nitrogens with zero attached hydrogens (tertiary/aromatic N) is 3. The Kier molecular flexibility index (Phi) is 9.59. The Morgan fingerprint density at radius 3 is 2.38 bits per heavy atom. The van der Waals surface area contributed by atoms with Crippen molar-refractivity contribution >= 4 is 40.7 Å². The first-order chi connectivity index (χ1) is 21.6. The topological polar surface area (TPSA) is 90.4 Å². The van der Waals surface area contributed by atoms with E-state index in [1.165, 1.54) is 0 Å². The molecule has 3 unspecified atom stereocenters. The lowest BCUT2D eigenvalue weighted by Crippen LogP contribution is -2.57. The van der Waals surface area contributed by atoms with E-state index in [-0.39, 0.29) is 43.3 Å². The minimum absolute atomic E-state index is 0.0515. The summed E-state index contributed by atoms with van der Waals surface area (Å²) in [4.78, 5) is 49.2.